The lowest BCUT2D eigenvalue weighted by molar-refractivity contribution is 0.518. The van der Waals surface area contributed by atoms with Crippen molar-refractivity contribution < 1.29 is 0 Å². The van der Waals surface area contributed by atoms with Gasteiger partial charge in [0.15, 0.2) is 0 Å². The van der Waals surface area contributed by atoms with Gasteiger partial charge in [-0.05, 0) is 31.1 Å². The molecule has 0 spiro atoms. The van der Waals surface area contributed by atoms with E-state index in [0.717, 1.165) is 18.7 Å². The molecule has 2 aromatic rings. The first-order chi connectivity index (χ1) is 9.49. The van der Waals surface area contributed by atoms with Gasteiger partial charge in [0.1, 0.15) is 0 Å². The Kier molecular flexibility index (Phi) is 4.55. The maximum Gasteiger partial charge on any atom is 0.0874 e. The molecule has 0 saturated carbocycles. The largest absolute Gasteiger partial charge is 0.307 e. The summed E-state index contributed by atoms with van der Waals surface area (Å²) in [4.78, 5) is 1.18. The summed E-state index contributed by atoms with van der Waals surface area (Å²) in [7, 11) is 1.97. The predicted molar refractivity (Wildman–Crippen MR) is 82.0 cm³/mol. The Hall–Kier alpha value is -1.27. The molecule has 0 radical (unpaired) electrons. The first-order valence-corrected chi connectivity index (χ1v) is 7.78. The molecule has 2 rings (SSSR count). The van der Waals surface area contributed by atoms with Gasteiger partial charge < -0.3 is 5.32 Å². The maximum absolute atomic E-state index is 4.42. The molecule has 0 aliphatic rings. The standard InChI is InChI=1S/C14H23N5S/c1-6-9-19-10(7-8-16-19)11(15-5)12-13(14(2,3)4)17-18-20-12/h7-8,11,15H,6,9H2,1-5H3. The van der Waals surface area contributed by atoms with Crippen molar-refractivity contribution in [3.05, 3.63) is 28.5 Å². The van der Waals surface area contributed by atoms with E-state index in [2.05, 4.69) is 58.4 Å². The zero-order valence-electron chi connectivity index (χ0n) is 12.8. The topological polar surface area (TPSA) is 55.6 Å². The molecule has 0 amide bonds. The number of nitrogens with one attached hydrogen (secondary N) is 1. The molecule has 0 fully saturated rings. The molecule has 0 aliphatic heterocycles. The van der Waals surface area contributed by atoms with Gasteiger partial charge in [-0.15, -0.1) is 5.10 Å². The minimum Gasteiger partial charge on any atom is -0.307 e. The number of aryl methyl sites for hydroxylation is 1. The fourth-order valence-electron chi connectivity index (χ4n) is 2.31. The van der Waals surface area contributed by atoms with Crippen LogP contribution in [0.25, 0.3) is 0 Å². The molecule has 1 unspecified atom stereocenters. The van der Waals surface area contributed by atoms with Crippen molar-refractivity contribution in [1.29, 1.82) is 0 Å². The van der Waals surface area contributed by atoms with Crippen LogP contribution < -0.4 is 5.32 Å². The number of aromatic nitrogens is 4. The third kappa shape index (κ3) is 2.91. The summed E-state index contributed by atoms with van der Waals surface area (Å²) in [6, 6.07) is 2.17. The molecule has 0 bridgehead atoms. The van der Waals surface area contributed by atoms with Gasteiger partial charge in [0.25, 0.3) is 0 Å². The summed E-state index contributed by atoms with van der Waals surface area (Å²) < 4.78 is 6.23. The van der Waals surface area contributed by atoms with Gasteiger partial charge in [-0.1, -0.05) is 32.2 Å². The summed E-state index contributed by atoms with van der Waals surface area (Å²) in [6.07, 6.45) is 2.93. The lowest BCUT2D eigenvalue weighted by Gasteiger charge is -2.22. The molecular formula is C14H23N5S. The second kappa shape index (κ2) is 6.01. The van der Waals surface area contributed by atoms with Gasteiger partial charge in [0.2, 0.25) is 0 Å². The molecule has 6 heteroatoms. The van der Waals surface area contributed by atoms with E-state index in [9.17, 15) is 0 Å². The maximum atomic E-state index is 4.42. The van der Waals surface area contributed by atoms with E-state index < -0.39 is 0 Å². The highest BCUT2D eigenvalue weighted by Crippen LogP contribution is 2.33. The van der Waals surface area contributed by atoms with Crippen molar-refractivity contribution in [1.82, 2.24) is 24.7 Å². The molecule has 20 heavy (non-hydrogen) atoms. The number of rotatable bonds is 5. The molecular weight excluding hydrogens is 270 g/mol. The first-order valence-electron chi connectivity index (χ1n) is 7.00. The lowest BCUT2D eigenvalue weighted by atomic mass is 9.89. The van der Waals surface area contributed by atoms with E-state index in [0.29, 0.717) is 0 Å². The fourth-order valence-corrected chi connectivity index (χ4v) is 3.29. The minimum atomic E-state index is -0.00690. The molecule has 5 nitrogen and oxygen atoms in total. The van der Waals surface area contributed by atoms with Crippen LogP contribution in [0, 0.1) is 0 Å². The van der Waals surface area contributed by atoms with Gasteiger partial charge in [-0.3, -0.25) is 4.68 Å². The van der Waals surface area contributed by atoms with Crippen LogP contribution in [0.1, 0.15) is 56.4 Å². The van der Waals surface area contributed by atoms with Gasteiger partial charge in [0.05, 0.1) is 22.3 Å². The van der Waals surface area contributed by atoms with Gasteiger partial charge in [-0.25, -0.2) is 0 Å². The molecule has 0 aromatic carbocycles. The van der Waals surface area contributed by atoms with Crippen LogP contribution in [0.2, 0.25) is 0 Å². The number of hydrogen-bond acceptors (Lipinski definition) is 5. The first kappa shape index (κ1) is 15.1. The third-order valence-electron chi connectivity index (χ3n) is 3.26. The second-order valence-electron chi connectivity index (χ2n) is 5.94. The van der Waals surface area contributed by atoms with Crippen molar-refractivity contribution in [3.63, 3.8) is 0 Å². The van der Waals surface area contributed by atoms with Crippen molar-refractivity contribution >= 4 is 11.5 Å². The van der Waals surface area contributed by atoms with Gasteiger partial charge in [-0.2, -0.15) is 5.10 Å². The van der Waals surface area contributed by atoms with Gasteiger partial charge >= 0.3 is 0 Å². The van der Waals surface area contributed by atoms with Crippen LogP contribution in [0.15, 0.2) is 12.3 Å². The van der Waals surface area contributed by atoms with Gasteiger partial charge in [0, 0.05) is 18.2 Å². The summed E-state index contributed by atoms with van der Waals surface area (Å²) in [6.45, 7) is 9.60. The van der Waals surface area contributed by atoms with Crippen molar-refractivity contribution in [2.24, 2.45) is 0 Å². The van der Waals surface area contributed by atoms with Crippen LogP contribution in [0.4, 0.5) is 0 Å². The number of nitrogens with zero attached hydrogens (tertiary/aromatic N) is 4. The van der Waals surface area contributed by atoms with E-state index in [-0.39, 0.29) is 11.5 Å². The Morgan fingerprint density at radius 1 is 1.40 bits per heavy atom. The fraction of sp³-hybridized carbons (Fsp3) is 0.643. The SMILES string of the molecule is CCCn1nccc1C(NC)c1snnc1C(C)(C)C. The zero-order valence-corrected chi connectivity index (χ0v) is 13.7. The normalized spacial score (nSPS) is 13.7. The molecule has 0 aliphatic carbocycles. The Bertz CT molecular complexity index is 552. The molecule has 2 aromatic heterocycles. The monoisotopic (exact) mass is 293 g/mol. The third-order valence-corrected chi connectivity index (χ3v) is 4.04. The minimum absolute atomic E-state index is 0.00690. The van der Waals surface area contributed by atoms with Crippen LogP contribution >= 0.6 is 11.5 Å². The highest BCUT2D eigenvalue weighted by Gasteiger charge is 2.28. The molecule has 1 atom stereocenters. The summed E-state index contributed by atoms with van der Waals surface area (Å²) in [5, 5.41) is 12.1. The average Bonchev–Trinajstić information content (AvgIpc) is 3.00. The van der Waals surface area contributed by atoms with E-state index in [4.69, 9.17) is 0 Å². The van der Waals surface area contributed by atoms with Crippen molar-refractivity contribution in [2.75, 3.05) is 7.05 Å². The van der Waals surface area contributed by atoms with E-state index in [1.54, 1.807) is 0 Å². The molecule has 110 valence electrons. The van der Waals surface area contributed by atoms with Crippen molar-refractivity contribution in [3.8, 4) is 0 Å². The Morgan fingerprint density at radius 2 is 2.15 bits per heavy atom. The Balaban J connectivity index is 2.43. The molecule has 0 saturated heterocycles. The summed E-state index contributed by atoms with van der Waals surface area (Å²) in [5.74, 6) is 0. The quantitative estimate of drug-likeness (QED) is 0.921. The second-order valence-corrected chi connectivity index (χ2v) is 6.72. The van der Waals surface area contributed by atoms with Crippen LogP contribution in [-0.4, -0.2) is 26.4 Å². The average molecular weight is 293 g/mol. The van der Waals surface area contributed by atoms with E-state index >= 15 is 0 Å². The highest BCUT2D eigenvalue weighted by atomic mass is 32.1. The predicted octanol–water partition coefficient (Wildman–Crippen LogP) is 2.75. The highest BCUT2D eigenvalue weighted by molar-refractivity contribution is 7.05. The number of hydrogen-bond donors (Lipinski definition) is 1. The van der Waals surface area contributed by atoms with E-state index in [1.165, 1.54) is 22.1 Å². The summed E-state index contributed by atoms with van der Waals surface area (Å²) in [5.41, 5.74) is 2.23. The van der Waals surface area contributed by atoms with Crippen LogP contribution in [-0.2, 0) is 12.0 Å². The van der Waals surface area contributed by atoms with E-state index in [1.807, 2.05) is 13.2 Å². The molecule has 1 N–H and O–H groups in total. The van der Waals surface area contributed by atoms with Crippen molar-refractivity contribution in [2.45, 2.75) is 52.1 Å². The smallest absolute Gasteiger partial charge is 0.0874 e. The molecule has 2 heterocycles. The Labute approximate surface area is 124 Å². The summed E-state index contributed by atoms with van der Waals surface area (Å²) >= 11 is 1.47. The lowest BCUT2D eigenvalue weighted by Crippen LogP contribution is -2.24. The zero-order chi connectivity index (χ0) is 14.8. The Morgan fingerprint density at radius 3 is 2.75 bits per heavy atom. The van der Waals surface area contributed by atoms with Crippen LogP contribution in [0.3, 0.4) is 0 Å². The van der Waals surface area contributed by atoms with Crippen LogP contribution in [0.5, 0.6) is 0 Å².